The quantitative estimate of drug-likeness (QED) is 0.382. The maximum atomic E-state index is 12.4. The second-order valence-electron chi connectivity index (χ2n) is 7.79. The average Bonchev–Trinajstić information content (AvgIpc) is 3.61. The van der Waals surface area contributed by atoms with Crippen molar-refractivity contribution >= 4 is 35.8 Å². The van der Waals surface area contributed by atoms with Gasteiger partial charge in [0.1, 0.15) is 0 Å². The van der Waals surface area contributed by atoms with Crippen molar-refractivity contribution in [1.82, 2.24) is 15.1 Å². The molecule has 7 heteroatoms. The third kappa shape index (κ3) is 5.18. The minimum atomic E-state index is -0.0147. The molecule has 1 aromatic rings. The highest BCUT2D eigenvalue weighted by Crippen LogP contribution is 2.49. The summed E-state index contributed by atoms with van der Waals surface area (Å²) in [6.45, 7) is 7.00. The van der Waals surface area contributed by atoms with Crippen molar-refractivity contribution in [3.63, 3.8) is 0 Å². The summed E-state index contributed by atoms with van der Waals surface area (Å²) >= 11 is 0. The number of rotatable bonds is 6. The van der Waals surface area contributed by atoms with Crippen LogP contribution in [0, 0.1) is 17.8 Å². The first-order chi connectivity index (χ1) is 12.8. The normalized spacial score (nSPS) is 20.6. The standard InChI is InChI=1S/C20H30N4O2.HI/c1-2-21-20(22-14-17(15-5-6-15)16-7-8-16)24-11-9-23(10-12-24)19(25)18-4-3-13-26-18;/h3-4,13,15-17H,2,5-12,14H2,1H3,(H,21,22);1H. The zero-order chi connectivity index (χ0) is 17.9. The molecule has 1 saturated heterocycles. The highest BCUT2D eigenvalue weighted by molar-refractivity contribution is 14.0. The molecular weight excluding hydrogens is 455 g/mol. The van der Waals surface area contributed by atoms with Crippen LogP contribution in [-0.2, 0) is 0 Å². The van der Waals surface area contributed by atoms with Crippen molar-refractivity contribution in [3.8, 4) is 0 Å². The van der Waals surface area contributed by atoms with Gasteiger partial charge in [0, 0.05) is 39.3 Å². The number of carbonyl (C=O) groups is 1. The van der Waals surface area contributed by atoms with Crippen LogP contribution in [0.25, 0.3) is 0 Å². The Balaban J connectivity index is 0.00000210. The van der Waals surface area contributed by atoms with Crippen LogP contribution in [0.4, 0.5) is 0 Å². The summed E-state index contributed by atoms with van der Waals surface area (Å²) in [7, 11) is 0. The van der Waals surface area contributed by atoms with Gasteiger partial charge in [0.05, 0.1) is 6.26 Å². The Labute approximate surface area is 178 Å². The third-order valence-corrected chi connectivity index (χ3v) is 5.84. The van der Waals surface area contributed by atoms with Crippen LogP contribution in [-0.4, -0.2) is 60.9 Å². The second kappa shape index (κ2) is 9.30. The topological polar surface area (TPSA) is 61.1 Å². The van der Waals surface area contributed by atoms with Gasteiger partial charge in [-0.2, -0.15) is 0 Å². The van der Waals surface area contributed by atoms with Crippen molar-refractivity contribution < 1.29 is 9.21 Å². The zero-order valence-corrected chi connectivity index (χ0v) is 18.4. The number of hydrogen-bond acceptors (Lipinski definition) is 3. The Morgan fingerprint density at radius 3 is 2.33 bits per heavy atom. The predicted octanol–water partition coefficient (Wildman–Crippen LogP) is 3.06. The van der Waals surface area contributed by atoms with E-state index >= 15 is 0 Å². The van der Waals surface area contributed by atoms with E-state index < -0.39 is 0 Å². The molecule has 0 aromatic carbocycles. The number of nitrogens with zero attached hydrogens (tertiary/aromatic N) is 3. The van der Waals surface area contributed by atoms with Crippen LogP contribution in [0.3, 0.4) is 0 Å². The molecule has 4 rings (SSSR count). The van der Waals surface area contributed by atoms with E-state index in [0.29, 0.717) is 18.8 Å². The van der Waals surface area contributed by atoms with E-state index in [1.165, 1.54) is 25.7 Å². The predicted molar refractivity (Wildman–Crippen MR) is 117 cm³/mol. The first kappa shape index (κ1) is 20.5. The zero-order valence-electron chi connectivity index (χ0n) is 16.1. The van der Waals surface area contributed by atoms with Crippen LogP contribution < -0.4 is 5.32 Å². The van der Waals surface area contributed by atoms with Crippen molar-refractivity contribution in [2.45, 2.75) is 32.6 Å². The summed E-state index contributed by atoms with van der Waals surface area (Å²) in [4.78, 5) is 21.6. The highest BCUT2D eigenvalue weighted by atomic mass is 127. The molecule has 6 nitrogen and oxygen atoms in total. The molecule has 1 aromatic heterocycles. The molecule has 0 unspecified atom stereocenters. The lowest BCUT2D eigenvalue weighted by Gasteiger charge is -2.36. The number of carbonyl (C=O) groups excluding carboxylic acids is 1. The molecule has 0 radical (unpaired) electrons. The van der Waals surface area contributed by atoms with Gasteiger partial charge in [-0.25, -0.2) is 0 Å². The molecular formula is C20H31IN4O2. The fourth-order valence-electron chi connectivity index (χ4n) is 4.03. The minimum absolute atomic E-state index is 0. The van der Waals surface area contributed by atoms with E-state index in [0.717, 1.165) is 49.9 Å². The lowest BCUT2D eigenvalue weighted by Crippen LogP contribution is -2.53. The van der Waals surface area contributed by atoms with E-state index in [4.69, 9.17) is 9.41 Å². The molecule has 2 heterocycles. The molecule has 2 aliphatic carbocycles. The summed E-state index contributed by atoms with van der Waals surface area (Å²) in [5.41, 5.74) is 0. The fourth-order valence-corrected chi connectivity index (χ4v) is 4.03. The van der Waals surface area contributed by atoms with E-state index in [1.54, 1.807) is 18.4 Å². The van der Waals surface area contributed by atoms with Crippen molar-refractivity contribution in [3.05, 3.63) is 24.2 Å². The largest absolute Gasteiger partial charge is 0.459 e. The summed E-state index contributed by atoms with van der Waals surface area (Å²) in [6.07, 6.45) is 7.17. The molecule has 1 amide bonds. The summed E-state index contributed by atoms with van der Waals surface area (Å²) in [6, 6.07) is 3.49. The number of piperazine rings is 1. The smallest absolute Gasteiger partial charge is 0.289 e. The highest BCUT2D eigenvalue weighted by Gasteiger charge is 2.41. The van der Waals surface area contributed by atoms with E-state index in [9.17, 15) is 4.79 Å². The number of aliphatic imine (C=N–C) groups is 1. The lowest BCUT2D eigenvalue weighted by atomic mass is 9.98. The number of furan rings is 1. The molecule has 3 fully saturated rings. The van der Waals surface area contributed by atoms with E-state index in [1.807, 2.05) is 4.90 Å². The van der Waals surface area contributed by atoms with Gasteiger partial charge in [0.15, 0.2) is 11.7 Å². The molecule has 0 atom stereocenters. The summed E-state index contributed by atoms with van der Waals surface area (Å²) in [5.74, 6) is 4.08. The third-order valence-electron chi connectivity index (χ3n) is 5.84. The maximum absolute atomic E-state index is 12.4. The van der Waals surface area contributed by atoms with Crippen molar-refractivity contribution in [2.75, 3.05) is 39.3 Å². The Kier molecular flexibility index (Phi) is 7.05. The van der Waals surface area contributed by atoms with Crippen LogP contribution in [0.1, 0.15) is 43.2 Å². The van der Waals surface area contributed by atoms with Crippen molar-refractivity contribution in [2.24, 2.45) is 22.7 Å². The molecule has 0 bridgehead atoms. The Hall–Kier alpha value is -1.25. The first-order valence-corrected chi connectivity index (χ1v) is 10.1. The van der Waals surface area contributed by atoms with Gasteiger partial charge in [-0.3, -0.25) is 9.79 Å². The molecule has 150 valence electrons. The molecule has 1 aliphatic heterocycles. The molecule has 2 saturated carbocycles. The number of nitrogens with one attached hydrogen (secondary N) is 1. The average molecular weight is 486 g/mol. The van der Waals surface area contributed by atoms with Gasteiger partial charge in [-0.05, 0) is 62.5 Å². The second-order valence-corrected chi connectivity index (χ2v) is 7.79. The van der Waals surface area contributed by atoms with Crippen LogP contribution >= 0.6 is 24.0 Å². The molecule has 3 aliphatic rings. The first-order valence-electron chi connectivity index (χ1n) is 10.1. The van der Waals surface area contributed by atoms with Gasteiger partial charge in [-0.15, -0.1) is 24.0 Å². The van der Waals surface area contributed by atoms with Gasteiger partial charge in [0.25, 0.3) is 5.91 Å². The molecule has 27 heavy (non-hydrogen) atoms. The van der Waals surface area contributed by atoms with Crippen LogP contribution in [0.15, 0.2) is 27.8 Å². The summed E-state index contributed by atoms with van der Waals surface area (Å²) < 4.78 is 5.24. The summed E-state index contributed by atoms with van der Waals surface area (Å²) in [5, 5.41) is 3.45. The number of amides is 1. The fraction of sp³-hybridized carbons (Fsp3) is 0.700. The SMILES string of the molecule is CCNC(=NCC(C1CC1)C1CC1)N1CCN(C(=O)c2ccco2)CC1.I. The van der Waals surface area contributed by atoms with Gasteiger partial charge in [-0.1, -0.05) is 0 Å². The van der Waals surface area contributed by atoms with Gasteiger partial charge in [0.2, 0.25) is 0 Å². The van der Waals surface area contributed by atoms with Crippen molar-refractivity contribution in [1.29, 1.82) is 0 Å². The van der Waals surface area contributed by atoms with Crippen LogP contribution in [0.5, 0.6) is 0 Å². The number of hydrogen-bond donors (Lipinski definition) is 1. The molecule has 0 spiro atoms. The Morgan fingerprint density at radius 2 is 1.81 bits per heavy atom. The Bertz CT molecular complexity index is 620. The minimum Gasteiger partial charge on any atom is -0.459 e. The monoisotopic (exact) mass is 486 g/mol. The van der Waals surface area contributed by atoms with Crippen LogP contribution in [0.2, 0.25) is 0 Å². The van der Waals surface area contributed by atoms with Gasteiger partial charge < -0.3 is 19.5 Å². The Morgan fingerprint density at radius 1 is 1.19 bits per heavy atom. The van der Waals surface area contributed by atoms with Gasteiger partial charge >= 0.3 is 0 Å². The van der Waals surface area contributed by atoms with E-state index in [2.05, 4.69) is 17.1 Å². The molecule has 1 N–H and O–H groups in total. The maximum Gasteiger partial charge on any atom is 0.289 e. The number of halogens is 1. The number of guanidine groups is 1. The lowest BCUT2D eigenvalue weighted by molar-refractivity contribution is 0.0657. The van der Waals surface area contributed by atoms with E-state index in [-0.39, 0.29) is 29.9 Å².